The van der Waals surface area contributed by atoms with E-state index in [2.05, 4.69) is 36.3 Å². The van der Waals surface area contributed by atoms with Gasteiger partial charge in [0.15, 0.2) is 5.13 Å². The molecule has 4 aromatic rings. The molecule has 4 rings (SSSR count). The van der Waals surface area contributed by atoms with E-state index in [9.17, 15) is 4.79 Å². The Balaban J connectivity index is 1.44. The van der Waals surface area contributed by atoms with Gasteiger partial charge in [0.2, 0.25) is 0 Å². The van der Waals surface area contributed by atoms with Crippen molar-refractivity contribution < 1.29 is 9.53 Å². The Bertz CT molecular complexity index is 1350. The summed E-state index contributed by atoms with van der Waals surface area (Å²) in [6.45, 7) is 5.80. The van der Waals surface area contributed by atoms with Crippen molar-refractivity contribution >= 4 is 49.9 Å². The number of carbonyl (C=O) groups is 1. The Kier molecular flexibility index (Phi) is 8.14. The van der Waals surface area contributed by atoms with Crippen molar-refractivity contribution in [2.45, 2.75) is 20.0 Å². The summed E-state index contributed by atoms with van der Waals surface area (Å²) < 4.78 is 6.74. The van der Waals surface area contributed by atoms with E-state index in [-0.39, 0.29) is 12.0 Å². The van der Waals surface area contributed by atoms with Crippen LogP contribution in [-0.2, 0) is 0 Å². The van der Waals surface area contributed by atoms with Crippen molar-refractivity contribution in [3.8, 4) is 16.9 Å². The number of rotatable bonds is 9. The fraction of sp³-hybridized carbons (Fsp3) is 0.286. The Hall–Kier alpha value is -3.13. The predicted octanol–water partition coefficient (Wildman–Crippen LogP) is 6.65. The molecule has 188 valence electrons. The average molecular weight is 523 g/mol. The molecular weight excluding hydrogens is 492 g/mol. The molecule has 0 radical (unpaired) electrons. The second-order valence-corrected chi connectivity index (χ2v) is 10.7. The fourth-order valence-electron chi connectivity index (χ4n) is 3.68. The van der Waals surface area contributed by atoms with E-state index in [1.807, 2.05) is 74.5 Å². The van der Waals surface area contributed by atoms with E-state index < -0.39 is 0 Å². The molecule has 0 atom stereocenters. The van der Waals surface area contributed by atoms with E-state index in [1.54, 1.807) is 11.3 Å². The SMILES string of the molecule is CC(C)Oc1ccc(-c2ccc(C(=O)Nc3ccc4nc(N(C)CCN(C)C)sc4c3)cc2)c(Cl)c1. The number of amides is 1. The fourth-order valence-corrected chi connectivity index (χ4v) is 4.95. The van der Waals surface area contributed by atoms with Gasteiger partial charge in [0.1, 0.15) is 5.75 Å². The second kappa shape index (κ2) is 11.3. The van der Waals surface area contributed by atoms with Crippen LogP contribution in [0, 0.1) is 0 Å². The number of carbonyl (C=O) groups excluding carboxylic acids is 1. The first-order valence-corrected chi connectivity index (χ1v) is 13.0. The molecule has 1 N–H and O–H groups in total. The molecule has 0 aliphatic heterocycles. The van der Waals surface area contributed by atoms with Crippen LogP contribution in [0.15, 0.2) is 60.7 Å². The number of thiazole rings is 1. The summed E-state index contributed by atoms with van der Waals surface area (Å²) in [5.74, 6) is 0.570. The summed E-state index contributed by atoms with van der Waals surface area (Å²) in [5.41, 5.74) is 4.07. The number of nitrogens with one attached hydrogen (secondary N) is 1. The smallest absolute Gasteiger partial charge is 0.255 e. The van der Waals surface area contributed by atoms with Gasteiger partial charge in [-0.1, -0.05) is 35.1 Å². The average Bonchev–Trinajstić information content (AvgIpc) is 3.26. The number of anilines is 2. The summed E-state index contributed by atoms with van der Waals surface area (Å²) >= 11 is 8.11. The first-order valence-electron chi connectivity index (χ1n) is 11.8. The van der Waals surface area contributed by atoms with Crippen molar-refractivity contribution in [1.29, 1.82) is 0 Å². The van der Waals surface area contributed by atoms with E-state index in [0.717, 1.165) is 51.0 Å². The number of nitrogens with zero attached hydrogens (tertiary/aromatic N) is 3. The van der Waals surface area contributed by atoms with Crippen LogP contribution in [0.4, 0.5) is 10.8 Å². The van der Waals surface area contributed by atoms with Crippen molar-refractivity contribution in [3.05, 3.63) is 71.2 Å². The normalized spacial score (nSPS) is 11.3. The molecule has 0 saturated carbocycles. The molecule has 6 nitrogen and oxygen atoms in total. The minimum absolute atomic E-state index is 0.0815. The Morgan fingerprint density at radius 1 is 1.03 bits per heavy atom. The third-order valence-electron chi connectivity index (χ3n) is 5.61. The summed E-state index contributed by atoms with van der Waals surface area (Å²) in [4.78, 5) is 21.9. The number of hydrogen-bond acceptors (Lipinski definition) is 6. The molecule has 1 amide bonds. The molecule has 0 fully saturated rings. The number of fused-ring (bicyclic) bond motifs is 1. The maximum absolute atomic E-state index is 12.9. The van der Waals surface area contributed by atoms with Gasteiger partial charge in [-0.05, 0) is 82.0 Å². The highest BCUT2D eigenvalue weighted by Crippen LogP contribution is 2.32. The van der Waals surface area contributed by atoms with Gasteiger partial charge < -0.3 is 19.9 Å². The molecule has 0 aliphatic carbocycles. The first kappa shape index (κ1) is 25.9. The number of ether oxygens (including phenoxy) is 1. The largest absolute Gasteiger partial charge is 0.491 e. The van der Waals surface area contributed by atoms with E-state index in [4.69, 9.17) is 21.3 Å². The number of halogens is 1. The maximum Gasteiger partial charge on any atom is 0.255 e. The molecule has 0 unspecified atom stereocenters. The van der Waals surface area contributed by atoms with E-state index in [0.29, 0.717) is 10.6 Å². The lowest BCUT2D eigenvalue weighted by Crippen LogP contribution is -2.28. The lowest BCUT2D eigenvalue weighted by molar-refractivity contribution is 0.102. The molecule has 0 spiro atoms. The third-order valence-corrected chi connectivity index (χ3v) is 7.06. The van der Waals surface area contributed by atoms with Crippen molar-refractivity contribution in [3.63, 3.8) is 0 Å². The minimum atomic E-state index is -0.166. The second-order valence-electron chi connectivity index (χ2n) is 9.24. The topological polar surface area (TPSA) is 57.7 Å². The highest BCUT2D eigenvalue weighted by atomic mass is 35.5. The standard InChI is InChI=1S/C28H31ClN4O2S/c1-18(2)35-22-11-12-23(24(29)17-22)19-6-8-20(9-7-19)27(34)30-21-10-13-25-26(16-21)36-28(31-25)33(5)15-14-32(3)4/h6-13,16-18H,14-15H2,1-5H3,(H,30,34). The lowest BCUT2D eigenvalue weighted by Gasteiger charge is -2.18. The quantitative estimate of drug-likeness (QED) is 0.266. The van der Waals surface area contributed by atoms with Crippen LogP contribution in [0.1, 0.15) is 24.2 Å². The Labute approximate surface area is 221 Å². The molecule has 0 aliphatic rings. The van der Waals surface area contributed by atoms with E-state index >= 15 is 0 Å². The van der Waals surface area contributed by atoms with Gasteiger partial charge in [0.25, 0.3) is 5.91 Å². The molecule has 36 heavy (non-hydrogen) atoms. The van der Waals surface area contributed by atoms with Crippen LogP contribution >= 0.6 is 22.9 Å². The van der Waals surface area contributed by atoms with Crippen LogP contribution in [0.5, 0.6) is 5.75 Å². The first-order chi connectivity index (χ1) is 17.2. The Morgan fingerprint density at radius 3 is 2.44 bits per heavy atom. The van der Waals surface area contributed by atoms with Crippen molar-refractivity contribution in [2.24, 2.45) is 0 Å². The minimum Gasteiger partial charge on any atom is -0.491 e. The zero-order valence-corrected chi connectivity index (χ0v) is 22.8. The van der Waals surface area contributed by atoms with Crippen LogP contribution in [0.25, 0.3) is 21.3 Å². The number of aromatic nitrogens is 1. The Morgan fingerprint density at radius 2 is 1.78 bits per heavy atom. The highest BCUT2D eigenvalue weighted by Gasteiger charge is 2.12. The van der Waals surface area contributed by atoms with E-state index in [1.165, 1.54) is 0 Å². The zero-order valence-electron chi connectivity index (χ0n) is 21.2. The van der Waals surface area contributed by atoms with Gasteiger partial charge in [-0.25, -0.2) is 4.98 Å². The molecular formula is C28H31ClN4O2S. The number of hydrogen-bond donors (Lipinski definition) is 1. The molecule has 1 aromatic heterocycles. The summed E-state index contributed by atoms with van der Waals surface area (Å²) in [6.07, 6.45) is 0.0815. The van der Waals surface area contributed by atoms with Gasteiger partial charge in [-0.3, -0.25) is 4.79 Å². The predicted molar refractivity (Wildman–Crippen MR) is 152 cm³/mol. The van der Waals surface area contributed by atoms with Crippen molar-refractivity contribution in [2.75, 3.05) is 44.4 Å². The van der Waals surface area contributed by atoms with Crippen LogP contribution < -0.4 is 15.0 Å². The van der Waals surface area contributed by atoms with Gasteiger partial charge >= 0.3 is 0 Å². The van der Waals surface area contributed by atoms with Crippen molar-refractivity contribution in [1.82, 2.24) is 9.88 Å². The van der Waals surface area contributed by atoms with Gasteiger partial charge in [-0.2, -0.15) is 0 Å². The molecule has 8 heteroatoms. The highest BCUT2D eigenvalue weighted by molar-refractivity contribution is 7.22. The molecule has 1 heterocycles. The summed E-state index contributed by atoms with van der Waals surface area (Å²) in [5, 5.41) is 4.57. The zero-order chi connectivity index (χ0) is 25.8. The molecule has 3 aromatic carbocycles. The number of benzene rings is 3. The lowest BCUT2D eigenvalue weighted by atomic mass is 10.0. The maximum atomic E-state index is 12.9. The van der Waals surface area contributed by atoms with Gasteiger partial charge in [0.05, 0.1) is 21.3 Å². The van der Waals surface area contributed by atoms with Gasteiger partial charge in [0, 0.05) is 37.0 Å². The van der Waals surface area contributed by atoms with Gasteiger partial charge in [-0.15, -0.1) is 0 Å². The van der Waals surface area contributed by atoms with Crippen LogP contribution in [0.3, 0.4) is 0 Å². The summed E-state index contributed by atoms with van der Waals surface area (Å²) in [7, 11) is 6.17. The number of likely N-dealkylation sites (N-methyl/N-ethyl adjacent to an activating group) is 2. The van der Waals surface area contributed by atoms with Crippen LogP contribution in [-0.4, -0.2) is 56.1 Å². The molecule has 0 saturated heterocycles. The summed E-state index contributed by atoms with van der Waals surface area (Å²) in [6, 6.07) is 18.9. The van der Waals surface area contributed by atoms with Crippen LogP contribution in [0.2, 0.25) is 5.02 Å². The monoisotopic (exact) mass is 522 g/mol. The third kappa shape index (κ3) is 6.35. The molecule has 0 bridgehead atoms.